The number of aliphatic hydroxyl groups is 1. The van der Waals surface area contributed by atoms with Crippen LogP contribution >= 0.6 is 15.9 Å². The van der Waals surface area contributed by atoms with E-state index in [4.69, 9.17) is 0 Å². The highest BCUT2D eigenvalue weighted by Gasteiger charge is 2.15. The van der Waals surface area contributed by atoms with Crippen molar-refractivity contribution in [2.45, 2.75) is 19.6 Å². The van der Waals surface area contributed by atoms with Crippen molar-refractivity contribution in [2.24, 2.45) is 0 Å². The second kappa shape index (κ2) is 4.42. The number of nitro benzene ring substituents is 1. The predicted molar refractivity (Wildman–Crippen MR) is 65.8 cm³/mol. The maximum Gasteiger partial charge on any atom is 0.284 e. The summed E-state index contributed by atoms with van der Waals surface area (Å²) in [4.78, 5) is 10.3. The Morgan fingerprint density at radius 3 is 2.94 bits per heavy atom. The number of aromatic nitrogens is 2. The Morgan fingerprint density at radius 2 is 2.35 bits per heavy atom. The Kier molecular flexibility index (Phi) is 3.12. The van der Waals surface area contributed by atoms with Crippen LogP contribution in [-0.2, 0) is 6.54 Å². The second-order valence-electron chi connectivity index (χ2n) is 3.80. The smallest absolute Gasteiger partial charge is 0.284 e. The highest BCUT2D eigenvalue weighted by atomic mass is 79.9. The zero-order valence-corrected chi connectivity index (χ0v) is 10.6. The zero-order chi connectivity index (χ0) is 12.6. The number of nitrogens with zero attached hydrogens (tertiary/aromatic N) is 3. The Bertz CT molecular complexity index is 579. The first-order chi connectivity index (χ1) is 7.99. The van der Waals surface area contributed by atoms with Crippen molar-refractivity contribution in [3.8, 4) is 0 Å². The van der Waals surface area contributed by atoms with Gasteiger partial charge in [-0.1, -0.05) is 0 Å². The van der Waals surface area contributed by atoms with E-state index >= 15 is 0 Å². The van der Waals surface area contributed by atoms with Gasteiger partial charge >= 0.3 is 0 Å². The first-order valence-electron chi connectivity index (χ1n) is 4.96. The molecule has 90 valence electrons. The monoisotopic (exact) mass is 299 g/mol. The molecule has 17 heavy (non-hydrogen) atoms. The maximum atomic E-state index is 10.8. The summed E-state index contributed by atoms with van der Waals surface area (Å²) in [7, 11) is 0. The van der Waals surface area contributed by atoms with Crippen molar-refractivity contribution in [1.82, 2.24) is 9.78 Å². The molecule has 6 nitrogen and oxygen atoms in total. The average Bonchev–Trinajstić information content (AvgIpc) is 2.59. The molecular formula is C10H10BrN3O3. The van der Waals surface area contributed by atoms with E-state index in [1.165, 1.54) is 6.07 Å². The molecule has 0 unspecified atom stereocenters. The molecule has 2 aromatic rings. The summed E-state index contributed by atoms with van der Waals surface area (Å²) >= 11 is 3.16. The number of hydrogen-bond acceptors (Lipinski definition) is 4. The molecule has 0 spiro atoms. The van der Waals surface area contributed by atoms with Gasteiger partial charge in [-0.3, -0.25) is 14.8 Å². The topological polar surface area (TPSA) is 81.2 Å². The van der Waals surface area contributed by atoms with Crippen LogP contribution in [0.25, 0.3) is 10.9 Å². The molecule has 1 atom stereocenters. The standard InChI is InChI=1S/C10H10BrN3O3/c1-6(15)5-13-9-3-8(11)10(14(16)17)2-7(9)4-12-13/h2-4,6,15H,5H2,1H3/t6-/m0/s1. The number of benzene rings is 1. The summed E-state index contributed by atoms with van der Waals surface area (Å²) in [6.07, 6.45) is 1.03. The first kappa shape index (κ1) is 12.0. The van der Waals surface area contributed by atoms with Crippen LogP contribution in [0, 0.1) is 10.1 Å². The Hall–Kier alpha value is -1.47. The number of aliphatic hydroxyl groups excluding tert-OH is 1. The Morgan fingerprint density at radius 1 is 1.65 bits per heavy atom. The molecule has 0 radical (unpaired) electrons. The van der Waals surface area contributed by atoms with Gasteiger partial charge in [-0.15, -0.1) is 0 Å². The third-order valence-corrected chi connectivity index (χ3v) is 2.98. The third kappa shape index (κ3) is 2.29. The summed E-state index contributed by atoms with van der Waals surface area (Å²) in [6, 6.07) is 3.10. The van der Waals surface area contributed by atoms with Crippen LogP contribution in [0.1, 0.15) is 6.92 Å². The SMILES string of the molecule is C[C@H](O)Cn1ncc2cc([N+](=O)[O-])c(Br)cc21. The van der Waals surface area contributed by atoms with Gasteiger partial charge in [0.15, 0.2) is 0 Å². The van der Waals surface area contributed by atoms with Crippen LogP contribution in [0.5, 0.6) is 0 Å². The number of fused-ring (bicyclic) bond motifs is 1. The lowest BCUT2D eigenvalue weighted by Crippen LogP contribution is -2.12. The van der Waals surface area contributed by atoms with Crippen LogP contribution in [0.2, 0.25) is 0 Å². The lowest BCUT2D eigenvalue weighted by atomic mass is 10.2. The summed E-state index contributed by atoms with van der Waals surface area (Å²) in [5.41, 5.74) is 0.762. The highest BCUT2D eigenvalue weighted by Crippen LogP contribution is 2.30. The molecule has 2 rings (SSSR count). The average molecular weight is 300 g/mol. The lowest BCUT2D eigenvalue weighted by molar-refractivity contribution is -0.385. The molecule has 0 fully saturated rings. The van der Waals surface area contributed by atoms with Crippen molar-refractivity contribution in [1.29, 1.82) is 0 Å². The van der Waals surface area contributed by atoms with Gasteiger partial charge in [0.1, 0.15) is 0 Å². The van der Waals surface area contributed by atoms with E-state index < -0.39 is 11.0 Å². The van der Waals surface area contributed by atoms with Gasteiger partial charge in [0.05, 0.1) is 33.8 Å². The second-order valence-corrected chi connectivity index (χ2v) is 4.65. The van der Waals surface area contributed by atoms with Gasteiger partial charge in [-0.05, 0) is 28.9 Å². The van der Waals surface area contributed by atoms with E-state index in [1.807, 2.05) is 0 Å². The number of nitro groups is 1. The minimum Gasteiger partial charge on any atom is -0.391 e. The molecule has 7 heteroatoms. The summed E-state index contributed by atoms with van der Waals surface area (Å²) in [5, 5.41) is 24.8. The van der Waals surface area contributed by atoms with Crippen LogP contribution < -0.4 is 0 Å². The minimum atomic E-state index is -0.521. The molecule has 1 aromatic carbocycles. The van der Waals surface area contributed by atoms with E-state index in [1.54, 1.807) is 23.9 Å². The van der Waals surface area contributed by atoms with E-state index in [9.17, 15) is 15.2 Å². The van der Waals surface area contributed by atoms with E-state index in [0.717, 1.165) is 5.52 Å². The Labute approximate surface area is 105 Å². The van der Waals surface area contributed by atoms with Gasteiger partial charge in [0.2, 0.25) is 0 Å². The van der Waals surface area contributed by atoms with Gasteiger partial charge in [0, 0.05) is 11.5 Å². The molecule has 0 bridgehead atoms. The minimum absolute atomic E-state index is 0.00842. The number of halogens is 1. The molecule has 1 heterocycles. The first-order valence-corrected chi connectivity index (χ1v) is 5.76. The maximum absolute atomic E-state index is 10.8. The summed E-state index contributed by atoms with van der Waals surface area (Å²) in [6.45, 7) is 2.02. The fourth-order valence-electron chi connectivity index (χ4n) is 1.62. The normalized spacial score (nSPS) is 12.9. The molecule has 1 aromatic heterocycles. The van der Waals surface area contributed by atoms with Crippen molar-refractivity contribution in [3.63, 3.8) is 0 Å². The molecule has 0 aliphatic heterocycles. The van der Waals surface area contributed by atoms with Gasteiger partial charge < -0.3 is 5.11 Å². The quantitative estimate of drug-likeness (QED) is 0.695. The molecule has 0 amide bonds. The van der Waals surface area contributed by atoms with Crippen molar-refractivity contribution >= 4 is 32.5 Å². The van der Waals surface area contributed by atoms with Gasteiger partial charge in [-0.2, -0.15) is 5.10 Å². The predicted octanol–water partition coefficient (Wildman–Crippen LogP) is 2.09. The van der Waals surface area contributed by atoms with E-state index in [2.05, 4.69) is 21.0 Å². The molecule has 0 aliphatic rings. The zero-order valence-electron chi connectivity index (χ0n) is 9.00. The lowest BCUT2D eigenvalue weighted by Gasteiger charge is -2.06. The van der Waals surface area contributed by atoms with Crippen molar-refractivity contribution < 1.29 is 10.0 Å². The van der Waals surface area contributed by atoms with E-state index in [0.29, 0.717) is 16.4 Å². The molecule has 0 aliphatic carbocycles. The van der Waals surface area contributed by atoms with Crippen LogP contribution in [0.4, 0.5) is 5.69 Å². The largest absolute Gasteiger partial charge is 0.391 e. The molecule has 0 saturated carbocycles. The number of rotatable bonds is 3. The summed E-state index contributed by atoms with van der Waals surface area (Å²) in [5.74, 6) is 0. The Balaban J connectivity index is 2.56. The fourth-order valence-corrected chi connectivity index (χ4v) is 2.10. The van der Waals surface area contributed by atoms with Crippen LogP contribution in [0.15, 0.2) is 22.8 Å². The van der Waals surface area contributed by atoms with E-state index in [-0.39, 0.29) is 5.69 Å². The highest BCUT2D eigenvalue weighted by molar-refractivity contribution is 9.10. The molecule has 1 N–H and O–H groups in total. The third-order valence-electron chi connectivity index (χ3n) is 2.34. The summed E-state index contributed by atoms with van der Waals surface area (Å²) < 4.78 is 2.02. The van der Waals surface area contributed by atoms with Crippen molar-refractivity contribution in [2.75, 3.05) is 0 Å². The van der Waals surface area contributed by atoms with Crippen molar-refractivity contribution in [3.05, 3.63) is 32.9 Å². The van der Waals surface area contributed by atoms with Crippen LogP contribution in [0.3, 0.4) is 0 Å². The van der Waals surface area contributed by atoms with Crippen LogP contribution in [-0.4, -0.2) is 25.9 Å². The number of hydrogen-bond donors (Lipinski definition) is 1. The van der Waals surface area contributed by atoms with Gasteiger partial charge in [0.25, 0.3) is 5.69 Å². The molecule has 0 saturated heterocycles. The fraction of sp³-hybridized carbons (Fsp3) is 0.300. The van der Waals surface area contributed by atoms with Gasteiger partial charge in [-0.25, -0.2) is 0 Å². The molecular weight excluding hydrogens is 290 g/mol.